The minimum Gasteiger partial charge on any atom is -0.512 e. The number of methoxy groups -OCH3 is 2. The molecular formula is C24H26IrNO4-. The predicted molar refractivity (Wildman–Crippen MR) is 116 cm³/mol. The Hall–Kier alpha value is -2.69. The van der Waals surface area contributed by atoms with E-state index in [0.717, 1.165) is 44.8 Å². The maximum Gasteiger partial charge on any atom is 0.155 e. The monoisotopic (exact) mass is 585 g/mol. The molecule has 1 N–H and O–H groups in total. The fraction of sp³-hybridized carbons (Fsp3) is 0.250. The van der Waals surface area contributed by atoms with Crippen molar-refractivity contribution >= 4 is 16.7 Å². The number of carbonyl (C=O) groups is 1. The smallest absolute Gasteiger partial charge is 0.155 e. The van der Waals surface area contributed by atoms with Crippen LogP contribution >= 0.6 is 0 Å². The van der Waals surface area contributed by atoms with Crippen LogP contribution in [-0.4, -0.2) is 30.1 Å². The molecule has 0 bridgehead atoms. The fourth-order valence-corrected chi connectivity index (χ4v) is 2.83. The first-order valence-electron chi connectivity index (χ1n) is 9.15. The van der Waals surface area contributed by atoms with Crippen LogP contribution in [0, 0.1) is 19.9 Å². The van der Waals surface area contributed by atoms with Gasteiger partial charge in [-0.15, -0.1) is 34.9 Å². The van der Waals surface area contributed by atoms with Gasteiger partial charge in [-0.05, 0) is 19.5 Å². The number of carbonyl (C=O) groups excluding carboxylic acids is 1. The summed E-state index contributed by atoms with van der Waals surface area (Å²) >= 11 is 0. The maximum absolute atomic E-state index is 10.0. The number of nitrogens with zero attached hydrogens (tertiary/aromatic N) is 1. The van der Waals surface area contributed by atoms with Gasteiger partial charge in [-0.25, -0.2) is 0 Å². The Morgan fingerprint density at radius 1 is 1.07 bits per heavy atom. The van der Waals surface area contributed by atoms with E-state index in [4.69, 9.17) is 19.6 Å². The van der Waals surface area contributed by atoms with Gasteiger partial charge < -0.3 is 14.6 Å². The number of aliphatic hydroxyl groups excluding tert-OH is 1. The zero-order chi connectivity index (χ0) is 21.6. The van der Waals surface area contributed by atoms with Gasteiger partial charge in [-0.1, -0.05) is 26.0 Å². The van der Waals surface area contributed by atoms with Gasteiger partial charge in [0.25, 0.3) is 0 Å². The average Bonchev–Trinajstić information content (AvgIpc) is 2.67. The molecular weight excluding hydrogens is 558 g/mol. The molecule has 0 aliphatic carbocycles. The number of aliphatic hydroxyl groups is 1. The average molecular weight is 585 g/mol. The zero-order valence-corrected chi connectivity index (χ0v) is 20.4. The molecule has 1 heterocycles. The molecule has 1 radical (unpaired) electrons. The predicted octanol–water partition coefficient (Wildman–Crippen LogP) is 5.37. The number of aryl methyl sites for hydroxylation is 2. The van der Waals surface area contributed by atoms with Crippen LogP contribution < -0.4 is 9.47 Å². The number of rotatable bonds is 4. The molecule has 6 heteroatoms. The van der Waals surface area contributed by atoms with Crippen molar-refractivity contribution in [1.29, 1.82) is 0 Å². The molecule has 0 saturated carbocycles. The number of ketones is 1. The molecule has 3 aromatic rings. The molecule has 30 heavy (non-hydrogen) atoms. The minimum absolute atomic E-state index is 0. The molecule has 0 atom stereocenters. The molecule has 0 aliphatic rings. The van der Waals surface area contributed by atoms with Crippen LogP contribution in [0.5, 0.6) is 11.5 Å². The van der Waals surface area contributed by atoms with Crippen LogP contribution in [0.3, 0.4) is 0 Å². The van der Waals surface area contributed by atoms with Gasteiger partial charge in [-0.3, -0.25) is 9.78 Å². The summed E-state index contributed by atoms with van der Waals surface area (Å²) in [5.41, 5.74) is 5.05. The summed E-state index contributed by atoms with van der Waals surface area (Å²) in [7, 11) is 3.30. The number of allylic oxidation sites excluding steroid dienone is 2. The van der Waals surface area contributed by atoms with E-state index in [2.05, 4.69) is 25.1 Å². The number of hydrogen-bond donors (Lipinski definition) is 1. The summed E-state index contributed by atoms with van der Waals surface area (Å²) in [6.07, 6.45) is 1.17. The van der Waals surface area contributed by atoms with E-state index >= 15 is 0 Å². The molecule has 0 unspecified atom stereocenters. The van der Waals surface area contributed by atoms with E-state index in [1.54, 1.807) is 14.2 Å². The van der Waals surface area contributed by atoms with E-state index in [9.17, 15) is 4.79 Å². The maximum atomic E-state index is 10.0. The minimum atomic E-state index is -0.125. The number of aromatic nitrogens is 1. The Morgan fingerprint density at radius 2 is 1.77 bits per heavy atom. The molecule has 0 aliphatic heterocycles. The quantitative estimate of drug-likeness (QED) is 0.254. The first-order chi connectivity index (χ1) is 13.7. The first kappa shape index (κ1) is 25.3. The van der Waals surface area contributed by atoms with Crippen LogP contribution in [0.1, 0.15) is 25.0 Å². The normalized spacial score (nSPS) is 10.5. The molecule has 161 valence electrons. The largest absolute Gasteiger partial charge is 0.512 e. The second kappa shape index (κ2) is 11.5. The standard InChI is InChI=1S/C19H18NO2.C5H8O2.Ir/c1-12-5-6-13(2)16(9-12)17-8-7-15-18(20-17)10-14(21-3)11-19(15)22-4;1-4(6)3-5(2)7;/h5-8,10-11H,1-4H3;3,6H,1-2H3;/q-1;;/b;4-3-;. The second-order valence-electron chi connectivity index (χ2n) is 6.69. The summed E-state index contributed by atoms with van der Waals surface area (Å²) in [4.78, 5) is 14.8. The van der Waals surface area contributed by atoms with Gasteiger partial charge in [0.2, 0.25) is 0 Å². The van der Waals surface area contributed by atoms with Crippen molar-refractivity contribution in [3.63, 3.8) is 0 Å². The van der Waals surface area contributed by atoms with Crippen molar-refractivity contribution < 1.29 is 39.5 Å². The number of hydrogen-bond acceptors (Lipinski definition) is 5. The fourth-order valence-electron chi connectivity index (χ4n) is 2.83. The SMILES string of the molecule is CC(=O)/C=C(/C)O.COc1cc(OC)c2ccc(-c3[c-]c(C)ccc3C)nc2c1.[Ir]. The first-order valence-corrected chi connectivity index (χ1v) is 9.15. The van der Waals surface area contributed by atoms with Gasteiger partial charge >= 0.3 is 0 Å². The summed E-state index contributed by atoms with van der Waals surface area (Å²) < 4.78 is 10.8. The molecule has 0 saturated heterocycles. The summed E-state index contributed by atoms with van der Waals surface area (Å²) in [6, 6.07) is 15.4. The Morgan fingerprint density at radius 3 is 2.30 bits per heavy atom. The van der Waals surface area contributed by atoms with Crippen LogP contribution in [0.4, 0.5) is 0 Å². The topological polar surface area (TPSA) is 68.7 Å². The van der Waals surface area contributed by atoms with Gasteiger partial charge in [0.15, 0.2) is 5.78 Å². The zero-order valence-electron chi connectivity index (χ0n) is 18.0. The Kier molecular flexibility index (Phi) is 9.70. The summed E-state index contributed by atoms with van der Waals surface area (Å²) in [6.45, 7) is 6.96. The van der Waals surface area contributed by atoms with Crippen molar-refractivity contribution in [2.24, 2.45) is 0 Å². The van der Waals surface area contributed by atoms with Gasteiger partial charge in [0.1, 0.15) is 11.5 Å². The van der Waals surface area contributed by atoms with Crippen LogP contribution in [0.2, 0.25) is 0 Å². The van der Waals surface area contributed by atoms with Gasteiger partial charge in [-0.2, -0.15) is 0 Å². The van der Waals surface area contributed by atoms with E-state index in [0.29, 0.717) is 0 Å². The number of benzene rings is 2. The second-order valence-corrected chi connectivity index (χ2v) is 6.69. The number of pyridine rings is 1. The molecule has 3 rings (SSSR count). The van der Waals surface area contributed by atoms with Crippen molar-refractivity contribution in [2.75, 3.05) is 14.2 Å². The Bertz CT molecular complexity index is 1060. The molecule has 1 aromatic heterocycles. The van der Waals surface area contributed by atoms with Gasteiger partial charge in [0.05, 0.1) is 25.5 Å². The van der Waals surface area contributed by atoms with Crippen molar-refractivity contribution in [1.82, 2.24) is 4.98 Å². The number of ether oxygens (including phenoxy) is 2. The van der Waals surface area contributed by atoms with Gasteiger partial charge in [0, 0.05) is 43.7 Å². The summed E-state index contributed by atoms with van der Waals surface area (Å²) in [5, 5.41) is 9.33. The van der Waals surface area contributed by atoms with Crippen molar-refractivity contribution in [2.45, 2.75) is 27.7 Å². The number of fused-ring (bicyclic) bond motifs is 1. The third-order valence-corrected chi connectivity index (χ3v) is 4.17. The molecule has 0 fully saturated rings. The molecule has 0 amide bonds. The van der Waals surface area contributed by atoms with E-state index < -0.39 is 0 Å². The Labute approximate surface area is 191 Å². The van der Waals surface area contributed by atoms with E-state index in [1.807, 2.05) is 31.2 Å². The summed E-state index contributed by atoms with van der Waals surface area (Å²) in [5.74, 6) is 1.43. The molecule has 5 nitrogen and oxygen atoms in total. The van der Waals surface area contributed by atoms with Crippen LogP contribution in [0.15, 0.2) is 48.2 Å². The Balaban J connectivity index is 0.000000489. The van der Waals surface area contributed by atoms with E-state index in [1.165, 1.54) is 19.9 Å². The third-order valence-electron chi connectivity index (χ3n) is 4.17. The van der Waals surface area contributed by atoms with Crippen LogP contribution in [0.25, 0.3) is 22.2 Å². The van der Waals surface area contributed by atoms with E-state index in [-0.39, 0.29) is 31.6 Å². The van der Waals surface area contributed by atoms with Crippen molar-refractivity contribution in [3.8, 4) is 22.8 Å². The third kappa shape index (κ3) is 6.68. The molecule has 0 spiro atoms. The van der Waals surface area contributed by atoms with Crippen molar-refractivity contribution in [3.05, 3.63) is 65.4 Å². The van der Waals surface area contributed by atoms with Crippen LogP contribution in [-0.2, 0) is 24.9 Å². The molecule has 2 aromatic carbocycles.